The van der Waals surface area contributed by atoms with Gasteiger partial charge in [0.15, 0.2) is 0 Å². The van der Waals surface area contributed by atoms with Crippen LogP contribution in [0.5, 0.6) is 0 Å². The Morgan fingerprint density at radius 1 is 1.37 bits per heavy atom. The van der Waals surface area contributed by atoms with Gasteiger partial charge in [0.1, 0.15) is 11.5 Å². The van der Waals surface area contributed by atoms with Crippen molar-refractivity contribution in [3.8, 4) is 0 Å². The first-order valence-corrected chi connectivity index (χ1v) is 6.93. The standard InChI is InChI=1S/C15H26N2O2/c1-6-17(12(2)11-16(4)5)15(18)10-9-14-8-7-13(3)19-14/h7-8,12H,6,9-11H2,1-5H3/t12-/m1/s1. The van der Waals surface area contributed by atoms with Crippen molar-refractivity contribution in [3.63, 3.8) is 0 Å². The number of carbonyl (C=O) groups excluding carboxylic acids is 1. The van der Waals surface area contributed by atoms with Crippen molar-refractivity contribution < 1.29 is 9.21 Å². The zero-order valence-corrected chi connectivity index (χ0v) is 12.8. The van der Waals surface area contributed by atoms with Gasteiger partial charge in [0, 0.05) is 32.0 Å². The minimum Gasteiger partial charge on any atom is -0.466 e. The van der Waals surface area contributed by atoms with E-state index < -0.39 is 0 Å². The molecule has 1 aromatic rings. The van der Waals surface area contributed by atoms with Crippen molar-refractivity contribution in [2.24, 2.45) is 0 Å². The van der Waals surface area contributed by atoms with Crippen LogP contribution in [0.3, 0.4) is 0 Å². The van der Waals surface area contributed by atoms with E-state index in [1.807, 2.05) is 45.0 Å². The maximum Gasteiger partial charge on any atom is 0.223 e. The van der Waals surface area contributed by atoms with Gasteiger partial charge >= 0.3 is 0 Å². The molecule has 4 nitrogen and oxygen atoms in total. The van der Waals surface area contributed by atoms with Crippen LogP contribution >= 0.6 is 0 Å². The van der Waals surface area contributed by atoms with E-state index in [1.54, 1.807) is 0 Å². The Morgan fingerprint density at radius 3 is 2.53 bits per heavy atom. The lowest BCUT2D eigenvalue weighted by atomic mass is 10.2. The van der Waals surface area contributed by atoms with E-state index in [9.17, 15) is 4.79 Å². The summed E-state index contributed by atoms with van der Waals surface area (Å²) in [5.74, 6) is 1.99. The molecule has 1 heterocycles. The van der Waals surface area contributed by atoms with E-state index in [1.165, 1.54) is 0 Å². The molecule has 0 aliphatic rings. The quantitative estimate of drug-likeness (QED) is 0.760. The Morgan fingerprint density at radius 2 is 2.05 bits per heavy atom. The summed E-state index contributed by atoms with van der Waals surface area (Å²) >= 11 is 0. The second kappa shape index (κ2) is 7.34. The van der Waals surface area contributed by atoms with Crippen molar-refractivity contribution in [2.75, 3.05) is 27.2 Å². The average molecular weight is 266 g/mol. The minimum absolute atomic E-state index is 0.200. The van der Waals surface area contributed by atoms with Gasteiger partial charge in [0.25, 0.3) is 0 Å². The fraction of sp³-hybridized carbons (Fsp3) is 0.667. The number of hydrogen-bond acceptors (Lipinski definition) is 3. The van der Waals surface area contributed by atoms with Crippen LogP contribution in [-0.2, 0) is 11.2 Å². The molecule has 0 aromatic carbocycles. The molecule has 0 unspecified atom stereocenters. The molecular weight excluding hydrogens is 240 g/mol. The van der Waals surface area contributed by atoms with Crippen molar-refractivity contribution in [2.45, 2.75) is 39.7 Å². The summed E-state index contributed by atoms with van der Waals surface area (Å²) in [5, 5.41) is 0. The molecule has 0 spiro atoms. The zero-order chi connectivity index (χ0) is 14.4. The van der Waals surface area contributed by atoms with Crippen molar-refractivity contribution in [3.05, 3.63) is 23.7 Å². The summed E-state index contributed by atoms with van der Waals surface area (Å²) in [6, 6.07) is 4.12. The van der Waals surface area contributed by atoms with Gasteiger partial charge in [-0.05, 0) is 47.0 Å². The van der Waals surface area contributed by atoms with E-state index in [0.29, 0.717) is 12.8 Å². The molecule has 0 saturated carbocycles. The molecule has 0 bridgehead atoms. The molecule has 1 amide bonds. The lowest BCUT2D eigenvalue weighted by Crippen LogP contribution is -2.43. The highest BCUT2D eigenvalue weighted by atomic mass is 16.3. The first-order chi connectivity index (χ1) is 8.93. The second-order valence-corrected chi connectivity index (χ2v) is 5.30. The van der Waals surface area contributed by atoms with Gasteiger partial charge in [-0.25, -0.2) is 0 Å². The fourth-order valence-electron chi connectivity index (χ4n) is 2.35. The fourth-order valence-corrected chi connectivity index (χ4v) is 2.35. The summed E-state index contributed by atoms with van der Waals surface area (Å²) in [6.07, 6.45) is 1.19. The summed E-state index contributed by atoms with van der Waals surface area (Å²) in [5.41, 5.74) is 0. The Hall–Kier alpha value is -1.29. The Kier molecular flexibility index (Phi) is 6.09. The third-order valence-corrected chi connectivity index (χ3v) is 3.20. The molecule has 0 aliphatic heterocycles. The maximum absolute atomic E-state index is 12.2. The molecule has 0 N–H and O–H groups in total. The van der Waals surface area contributed by atoms with Gasteiger partial charge in [0.2, 0.25) is 5.91 Å². The summed E-state index contributed by atoms with van der Waals surface area (Å²) < 4.78 is 5.49. The van der Waals surface area contributed by atoms with Crippen LogP contribution in [0.15, 0.2) is 16.5 Å². The molecule has 0 saturated heterocycles. The maximum atomic E-state index is 12.2. The Bertz CT molecular complexity index is 399. The summed E-state index contributed by atoms with van der Waals surface area (Å²) in [7, 11) is 4.06. The van der Waals surface area contributed by atoms with Crippen LogP contribution in [-0.4, -0.2) is 48.9 Å². The van der Waals surface area contributed by atoms with Crippen molar-refractivity contribution >= 4 is 5.91 Å². The number of rotatable bonds is 7. The number of hydrogen-bond donors (Lipinski definition) is 0. The predicted molar refractivity (Wildman–Crippen MR) is 77.2 cm³/mol. The second-order valence-electron chi connectivity index (χ2n) is 5.30. The van der Waals surface area contributed by atoms with E-state index in [4.69, 9.17) is 4.42 Å². The normalized spacial score (nSPS) is 12.7. The molecule has 1 rings (SSSR count). The predicted octanol–water partition coefficient (Wildman–Crippen LogP) is 2.32. The van der Waals surface area contributed by atoms with Gasteiger partial charge in [-0.1, -0.05) is 0 Å². The lowest BCUT2D eigenvalue weighted by molar-refractivity contribution is -0.133. The summed E-state index contributed by atoms with van der Waals surface area (Å²) in [4.78, 5) is 16.3. The zero-order valence-electron chi connectivity index (χ0n) is 12.8. The van der Waals surface area contributed by atoms with Crippen molar-refractivity contribution in [1.29, 1.82) is 0 Å². The molecule has 1 aromatic heterocycles. The van der Waals surface area contributed by atoms with Gasteiger partial charge < -0.3 is 14.2 Å². The van der Waals surface area contributed by atoms with Crippen LogP contribution in [0, 0.1) is 6.92 Å². The van der Waals surface area contributed by atoms with Gasteiger partial charge in [0.05, 0.1) is 0 Å². The number of nitrogens with zero attached hydrogens (tertiary/aromatic N) is 2. The molecule has 108 valence electrons. The molecule has 0 radical (unpaired) electrons. The highest BCUT2D eigenvalue weighted by Crippen LogP contribution is 2.11. The lowest BCUT2D eigenvalue weighted by Gasteiger charge is -2.30. The molecule has 1 atom stereocenters. The number of amides is 1. The first-order valence-electron chi connectivity index (χ1n) is 6.93. The van der Waals surface area contributed by atoms with Gasteiger partial charge in [-0.15, -0.1) is 0 Å². The van der Waals surface area contributed by atoms with Crippen LogP contribution in [0.4, 0.5) is 0 Å². The molecule has 4 heteroatoms. The first kappa shape index (κ1) is 15.8. The highest BCUT2D eigenvalue weighted by Gasteiger charge is 2.19. The number of aryl methyl sites for hydroxylation is 2. The average Bonchev–Trinajstić information content (AvgIpc) is 2.72. The largest absolute Gasteiger partial charge is 0.466 e. The molecular formula is C15H26N2O2. The van der Waals surface area contributed by atoms with E-state index in [0.717, 1.165) is 24.6 Å². The third-order valence-electron chi connectivity index (χ3n) is 3.20. The number of furan rings is 1. The van der Waals surface area contributed by atoms with E-state index in [2.05, 4.69) is 11.8 Å². The molecule has 0 aliphatic carbocycles. The highest BCUT2D eigenvalue weighted by molar-refractivity contribution is 5.76. The van der Waals surface area contributed by atoms with E-state index >= 15 is 0 Å². The van der Waals surface area contributed by atoms with Crippen molar-refractivity contribution in [1.82, 2.24) is 9.80 Å². The SMILES string of the molecule is CCN(C(=O)CCc1ccc(C)o1)[C@H](C)CN(C)C. The topological polar surface area (TPSA) is 36.7 Å². The summed E-state index contributed by atoms with van der Waals surface area (Å²) in [6.45, 7) is 7.69. The van der Waals surface area contributed by atoms with Crippen LogP contribution in [0.1, 0.15) is 31.8 Å². The monoisotopic (exact) mass is 266 g/mol. The number of carbonyl (C=O) groups is 1. The third kappa shape index (κ3) is 5.07. The number of likely N-dealkylation sites (N-methyl/N-ethyl adjacent to an activating group) is 2. The van der Waals surface area contributed by atoms with Crippen LogP contribution in [0.2, 0.25) is 0 Å². The molecule has 19 heavy (non-hydrogen) atoms. The Balaban J connectivity index is 2.49. The minimum atomic E-state index is 0.200. The smallest absolute Gasteiger partial charge is 0.223 e. The van der Waals surface area contributed by atoms with Crippen LogP contribution < -0.4 is 0 Å². The van der Waals surface area contributed by atoms with E-state index in [-0.39, 0.29) is 11.9 Å². The molecule has 0 fully saturated rings. The van der Waals surface area contributed by atoms with Gasteiger partial charge in [-0.2, -0.15) is 0 Å². The Labute approximate surface area is 116 Å². The van der Waals surface area contributed by atoms with Gasteiger partial charge in [-0.3, -0.25) is 4.79 Å². The van der Waals surface area contributed by atoms with Crippen LogP contribution in [0.25, 0.3) is 0 Å².